The summed E-state index contributed by atoms with van der Waals surface area (Å²) >= 11 is 0. The van der Waals surface area contributed by atoms with Gasteiger partial charge in [-0.25, -0.2) is 13.1 Å². The Hall–Kier alpha value is -1.48. The third-order valence-electron chi connectivity index (χ3n) is 3.77. The first-order valence-electron chi connectivity index (χ1n) is 7.56. The topological polar surface area (TPSA) is 87.7 Å². The number of nitrogens with zero attached hydrogens (tertiary/aromatic N) is 1. The van der Waals surface area contributed by atoms with Crippen LogP contribution in [0.5, 0.6) is 0 Å². The third-order valence-corrected chi connectivity index (χ3v) is 5.25. The second-order valence-corrected chi connectivity index (χ2v) is 7.23. The summed E-state index contributed by atoms with van der Waals surface area (Å²) < 4.78 is 31.4. The molecule has 0 saturated carbocycles. The van der Waals surface area contributed by atoms with E-state index in [-0.39, 0.29) is 23.4 Å². The van der Waals surface area contributed by atoms with Crippen LogP contribution < -0.4 is 10.0 Å². The van der Waals surface area contributed by atoms with Crippen molar-refractivity contribution in [2.75, 3.05) is 39.9 Å². The summed E-state index contributed by atoms with van der Waals surface area (Å²) in [6.45, 7) is 4.68. The van der Waals surface area contributed by atoms with Gasteiger partial charge in [-0.3, -0.25) is 4.79 Å². The molecule has 1 unspecified atom stereocenters. The first-order chi connectivity index (χ1) is 11.0. The predicted molar refractivity (Wildman–Crippen MR) is 86.9 cm³/mol. The van der Waals surface area contributed by atoms with Crippen molar-refractivity contribution in [1.82, 2.24) is 14.9 Å². The van der Waals surface area contributed by atoms with Gasteiger partial charge in [0.25, 0.3) is 5.91 Å². The molecule has 1 atom stereocenters. The summed E-state index contributed by atoms with van der Waals surface area (Å²) in [5, 5.41) is 3.23. The third kappa shape index (κ3) is 4.51. The maximum absolute atomic E-state index is 12.5. The van der Waals surface area contributed by atoms with E-state index in [1.807, 2.05) is 6.92 Å². The van der Waals surface area contributed by atoms with E-state index in [1.165, 1.54) is 19.2 Å². The molecule has 2 N–H and O–H groups in total. The molecule has 8 heteroatoms. The molecule has 1 heterocycles. The van der Waals surface area contributed by atoms with Gasteiger partial charge in [-0.2, -0.15) is 0 Å². The Morgan fingerprint density at radius 1 is 1.39 bits per heavy atom. The predicted octanol–water partition coefficient (Wildman–Crippen LogP) is 0.0452. The number of hydrogen-bond donors (Lipinski definition) is 2. The van der Waals surface area contributed by atoms with Crippen molar-refractivity contribution in [3.8, 4) is 0 Å². The van der Waals surface area contributed by atoms with Crippen LogP contribution in [0.1, 0.15) is 17.3 Å². The fourth-order valence-electron chi connectivity index (χ4n) is 2.45. The van der Waals surface area contributed by atoms with Crippen LogP contribution in [-0.2, 0) is 14.8 Å². The van der Waals surface area contributed by atoms with E-state index < -0.39 is 10.0 Å². The van der Waals surface area contributed by atoms with E-state index >= 15 is 0 Å². The van der Waals surface area contributed by atoms with Crippen LogP contribution in [0, 0.1) is 0 Å². The molecule has 0 radical (unpaired) electrons. The molecule has 0 aliphatic carbocycles. The number of nitrogens with one attached hydrogen (secondary N) is 2. The quantitative estimate of drug-likeness (QED) is 0.714. The zero-order valence-corrected chi connectivity index (χ0v) is 14.2. The number of methoxy groups -OCH3 is 1. The molecule has 1 amide bonds. The van der Waals surface area contributed by atoms with Gasteiger partial charge in [0.1, 0.15) is 0 Å². The molecular formula is C15H23N3O4S. The van der Waals surface area contributed by atoms with Gasteiger partial charge in [0, 0.05) is 44.9 Å². The van der Waals surface area contributed by atoms with Crippen molar-refractivity contribution in [1.29, 1.82) is 0 Å². The molecule has 7 nitrogen and oxygen atoms in total. The van der Waals surface area contributed by atoms with E-state index in [0.29, 0.717) is 18.7 Å². The normalized spacial score (nSPS) is 18.9. The van der Waals surface area contributed by atoms with Crippen molar-refractivity contribution in [2.24, 2.45) is 0 Å². The average molecular weight is 341 g/mol. The van der Waals surface area contributed by atoms with E-state index in [1.54, 1.807) is 17.0 Å². The lowest BCUT2D eigenvalue weighted by Gasteiger charge is -2.34. The van der Waals surface area contributed by atoms with Gasteiger partial charge < -0.3 is 15.0 Å². The number of ether oxygens (including phenoxy) is 1. The largest absolute Gasteiger partial charge is 0.383 e. The lowest BCUT2D eigenvalue weighted by molar-refractivity contribution is 0.0655. The van der Waals surface area contributed by atoms with Gasteiger partial charge in [-0.05, 0) is 31.2 Å². The minimum Gasteiger partial charge on any atom is -0.383 e. The maximum Gasteiger partial charge on any atom is 0.254 e. The second kappa shape index (κ2) is 7.87. The smallest absolute Gasteiger partial charge is 0.254 e. The molecule has 1 aromatic rings. The minimum absolute atomic E-state index is 0.0738. The minimum atomic E-state index is -3.58. The summed E-state index contributed by atoms with van der Waals surface area (Å²) in [5.41, 5.74) is 0.495. The Morgan fingerprint density at radius 3 is 2.70 bits per heavy atom. The molecule has 1 fully saturated rings. The Balaban J connectivity index is 2.08. The monoisotopic (exact) mass is 341 g/mol. The molecule has 1 aliphatic heterocycles. The number of hydrogen-bond acceptors (Lipinski definition) is 5. The lowest BCUT2D eigenvalue weighted by atomic mass is 10.1. The fraction of sp³-hybridized carbons (Fsp3) is 0.533. The molecule has 1 aromatic carbocycles. The van der Waals surface area contributed by atoms with Crippen molar-refractivity contribution < 1.29 is 17.9 Å². The van der Waals surface area contributed by atoms with Crippen molar-refractivity contribution in [3.05, 3.63) is 29.8 Å². The molecule has 0 spiro atoms. The molecule has 2 rings (SSSR count). The van der Waals surface area contributed by atoms with Crippen LogP contribution in [0.3, 0.4) is 0 Å². The Labute approximate surface area is 137 Å². The number of sulfonamides is 1. The van der Waals surface area contributed by atoms with E-state index in [4.69, 9.17) is 4.74 Å². The van der Waals surface area contributed by atoms with Crippen molar-refractivity contribution >= 4 is 15.9 Å². The van der Waals surface area contributed by atoms with Crippen molar-refractivity contribution in [2.45, 2.75) is 17.9 Å². The van der Waals surface area contributed by atoms with Gasteiger partial charge >= 0.3 is 0 Å². The molecule has 23 heavy (non-hydrogen) atoms. The fourth-order valence-corrected chi connectivity index (χ4v) is 3.46. The number of carbonyl (C=O) groups is 1. The Bertz CT molecular complexity index is 631. The zero-order chi connectivity index (χ0) is 16.9. The summed E-state index contributed by atoms with van der Waals surface area (Å²) in [5.74, 6) is -0.0738. The standard InChI is InChI=1S/C15H23N3O4S/c1-12-11-16-7-9-18(12)15(19)13-3-5-14(6-4-13)23(20,21)17-8-10-22-2/h3-6,12,16-17H,7-11H2,1-2H3. The summed E-state index contributed by atoms with van der Waals surface area (Å²) in [4.78, 5) is 14.4. The van der Waals surface area contributed by atoms with Gasteiger partial charge in [-0.15, -0.1) is 0 Å². The maximum atomic E-state index is 12.5. The highest BCUT2D eigenvalue weighted by Gasteiger charge is 2.24. The van der Waals surface area contributed by atoms with Crippen molar-refractivity contribution in [3.63, 3.8) is 0 Å². The van der Waals surface area contributed by atoms with Gasteiger partial charge in [0.05, 0.1) is 11.5 Å². The number of benzene rings is 1. The average Bonchev–Trinajstić information content (AvgIpc) is 2.55. The summed E-state index contributed by atoms with van der Waals surface area (Å²) in [7, 11) is -2.07. The summed E-state index contributed by atoms with van der Waals surface area (Å²) in [6, 6.07) is 6.14. The Morgan fingerprint density at radius 2 is 2.09 bits per heavy atom. The van der Waals surface area contributed by atoms with Crippen LogP contribution in [0.25, 0.3) is 0 Å². The molecule has 0 aromatic heterocycles. The molecule has 0 bridgehead atoms. The molecular weight excluding hydrogens is 318 g/mol. The number of carbonyl (C=O) groups excluding carboxylic acids is 1. The second-order valence-electron chi connectivity index (χ2n) is 5.47. The van der Waals surface area contributed by atoms with Gasteiger partial charge in [0.2, 0.25) is 10.0 Å². The zero-order valence-electron chi connectivity index (χ0n) is 13.4. The van der Waals surface area contributed by atoms with Crippen LogP contribution in [-0.4, -0.2) is 65.2 Å². The highest BCUT2D eigenvalue weighted by atomic mass is 32.2. The first-order valence-corrected chi connectivity index (χ1v) is 9.04. The number of piperazine rings is 1. The van der Waals surface area contributed by atoms with Crippen LogP contribution in [0.2, 0.25) is 0 Å². The van der Waals surface area contributed by atoms with E-state index in [9.17, 15) is 13.2 Å². The molecule has 1 aliphatic rings. The lowest BCUT2D eigenvalue weighted by Crippen LogP contribution is -2.52. The van der Waals surface area contributed by atoms with Crippen LogP contribution in [0.15, 0.2) is 29.2 Å². The van der Waals surface area contributed by atoms with Gasteiger partial charge in [0.15, 0.2) is 0 Å². The van der Waals surface area contributed by atoms with E-state index in [2.05, 4.69) is 10.0 Å². The first kappa shape index (κ1) is 17.9. The number of amides is 1. The Kier molecular flexibility index (Phi) is 6.11. The number of rotatable bonds is 6. The molecule has 1 saturated heterocycles. The highest BCUT2D eigenvalue weighted by Crippen LogP contribution is 2.14. The van der Waals surface area contributed by atoms with E-state index in [0.717, 1.165) is 13.1 Å². The molecule has 128 valence electrons. The summed E-state index contributed by atoms with van der Waals surface area (Å²) in [6.07, 6.45) is 0. The van der Waals surface area contributed by atoms with Crippen LogP contribution in [0.4, 0.5) is 0 Å². The highest BCUT2D eigenvalue weighted by molar-refractivity contribution is 7.89. The van der Waals surface area contributed by atoms with Crippen LogP contribution >= 0.6 is 0 Å². The van der Waals surface area contributed by atoms with Gasteiger partial charge in [-0.1, -0.05) is 0 Å². The SMILES string of the molecule is COCCNS(=O)(=O)c1ccc(C(=O)N2CCNCC2C)cc1.